The van der Waals surface area contributed by atoms with E-state index < -0.39 is 24.1 Å². The Morgan fingerprint density at radius 2 is 1.93 bits per heavy atom. The number of esters is 1. The smallest absolute Gasteiger partial charge is 0.343 e. The number of ether oxygens (including phenoxy) is 1. The quantitative estimate of drug-likeness (QED) is 0.776. The number of benzene rings is 1. The van der Waals surface area contributed by atoms with E-state index in [0.29, 0.717) is 0 Å². The van der Waals surface area contributed by atoms with Gasteiger partial charge < -0.3 is 9.84 Å². The van der Waals surface area contributed by atoms with Gasteiger partial charge in [0.05, 0.1) is 7.11 Å². The second-order valence-corrected chi connectivity index (χ2v) is 2.92. The average molecular weight is 216 g/mol. The maximum atomic E-state index is 13.2. The van der Waals surface area contributed by atoms with E-state index in [1.807, 2.05) is 0 Å². The highest BCUT2D eigenvalue weighted by molar-refractivity contribution is 5.75. The number of carbonyl (C=O) groups is 1. The van der Waals surface area contributed by atoms with Crippen molar-refractivity contribution in [2.24, 2.45) is 0 Å². The summed E-state index contributed by atoms with van der Waals surface area (Å²) >= 11 is 0. The van der Waals surface area contributed by atoms with E-state index in [2.05, 4.69) is 4.74 Å². The van der Waals surface area contributed by atoms with Crippen LogP contribution in [0.25, 0.3) is 0 Å². The Labute approximate surface area is 85.3 Å². The summed E-state index contributed by atoms with van der Waals surface area (Å²) in [6.07, 6.45) is -3.81. The Morgan fingerprint density at radius 3 is 2.40 bits per heavy atom. The fraction of sp³-hybridized carbons (Fsp3) is 0.300. The number of hydrogen-bond donors (Lipinski definition) is 1. The fourth-order valence-corrected chi connectivity index (χ4v) is 1.07. The van der Waals surface area contributed by atoms with Crippen LogP contribution in [0.5, 0.6) is 0 Å². The van der Waals surface area contributed by atoms with Crippen LogP contribution in [0, 0.1) is 5.82 Å². The van der Waals surface area contributed by atoms with Crippen molar-refractivity contribution >= 4 is 5.97 Å². The molecule has 0 aromatic heterocycles. The minimum atomic E-state index is -2.17. The topological polar surface area (TPSA) is 46.5 Å². The molecule has 2 unspecified atom stereocenters. The van der Waals surface area contributed by atoms with E-state index in [4.69, 9.17) is 0 Å². The van der Waals surface area contributed by atoms with Gasteiger partial charge >= 0.3 is 5.97 Å². The molecule has 1 N–H and O–H groups in total. The van der Waals surface area contributed by atoms with Crippen molar-refractivity contribution in [3.05, 3.63) is 35.6 Å². The first-order valence-electron chi connectivity index (χ1n) is 4.21. The summed E-state index contributed by atoms with van der Waals surface area (Å²) in [5.74, 6) is -1.66. The maximum absolute atomic E-state index is 13.2. The van der Waals surface area contributed by atoms with Crippen molar-refractivity contribution in [2.45, 2.75) is 12.3 Å². The molecule has 0 aliphatic rings. The largest absolute Gasteiger partial charge is 0.467 e. The molecule has 0 heterocycles. The van der Waals surface area contributed by atoms with E-state index in [9.17, 15) is 18.7 Å². The number of aliphatic hydroxyl groups excluding tert-OH is 1. The van der Waals surface area contributed by atoms with Crippen LogP contribution in [0.2, 0.25) is 0 Å². The summed E-state index contributed by atoms with van der Waals surface area (Å²) in [5, 5.41) is 9.38. The van der Waals surface area contributed by atoms with E-state index in [-0.39, 0.29) is 5.56 Å². The summed E-state index contributed by atoms with van der Waals surface area (Å²) in [5.41, 5.74) is 0.120. The van der Waals surface area contributed by atoms with Gasteiger partial charge in [-0.3, -0.25) is 0 Å². The molecular weight excluding hydrogens is 206 g/mol. The van der Waals surface area contributed by atoms with E-state index in [1.165, 1.54) is 12.1 Å². The lowest BCUT2D eigenvalue weighted by molar-refractivity contribution is -0.151. The molecule has 0 amide bonds. The number of aliphatic hydroxyl groups is 1. The molecule has 0 aliphatic heterocycles. The van der Waals surface area contributed by atoms with Crippen LogP contribution in [-0.2, 0) is 9.53 Å². The second-order valence-electron chi connectivity index (χ2n) is 2.92. The fourth-order valence-electron chi connectivity index (χ4n) is 1.07. The van der Waals surface area contributed by atoms with Crippen LogP contribution >= 0.6 is 0 Å². The Hall–Kier alpha value is -1.49. The molecule has 0 fully saturated rings. The van der Waals surface area contributed by atoms with Crippen molar-refractivity contribution in [3.8, 4) is 0 Å². The molecule has 0 saturated carbocycles. The summed E-state index contributed by atoms with van der Waals surface area (Å²) in [6.45, 7) is 0. The molecule has 82 valence electrons. The first-order chi connectivity index (χ1) is 7.06. The zero-order valence-electron chi connectivity index (χ0n) is 7.98. The molecule has 1 aromatic carbocycles. The summed E-state index contributed by atoms with van der Waals surface area (Å²) < 4.78 is 29.8. The summed E-state index contributed by atoms with van der Waals surface area (Å²) in [6, 6.07) is 4.55. The van der Waals surface area contributed by atoms with Crippen molar-refractivity contribution in [1.29, 1.82) is 0 Å². The number of alkyl halides is 1. The van der Waals surface area contributed by atoms with Gasteiger partial charge in [0.25, 0.3) is 0 Å². The highest BCUT2D eigenvalue weighted by atomic mass is 19.1. The first kappa shape index (κ1) is 11.6. The maximum Gasteiger partial charge on any atom is 0.343 e. The molecule has 0 saturated heterocycles. The lowest BCUT2D eigenvalue weighted by Crippen LogP contribution is -2.24. The molecule has 0 radical (unpaired) electrons. The normalized spacial score (nSPS) is 14.4. The number of halogens is 2. The van der Waals surface area contributed by atoms with Gasteiger partial charge in [0.15, 0.2) is 0 Å². The van der Waals surface area contributed by atoms with Crippen LogP contribution < -0.4 is 0 Å². The molecule has 1 aromatic rings. The molecule has 0 bridgehead atoms. The van der Waals surface area contributed by atoms with Gasteiger partial charge in [-0.1, -0.05) is 12.1 Å². The molecular formula is C10H10F2O3. The predicted octanol–water partition coefficient (Wildman–Crippen LogP) is 1.37. The van der Waals surface area contributed by atoms with E-state index >= 15 is 0 Å². The highest BCUT2D eigenvalue weighted by Crippen LogP contribution is 2.20. The molecule has 5 heteroatoms. The van der Waals surface area contributed by atoms with Crippen molar-refractivity contribution < 1.29 is 23.4 Å². The predicted molar refractivity (Wildman–Crippen MR) is 48.3 cm³/mol. The monoisotopic (exact) mass is 216 g/mol. The van der Waals surface area contributed by atoms with Gasteiger partial charge in [-0.25, -0.2) is 13.6 Å². The standard InChI is InChI=1S/C10H10F2O3/c1-15-10(14)8(12)9(13)6-2-4-7(11)5-3-6/h2-5,8-9,13H,1H3. The third-order valence-corrected chi connectivity index (χ3v) is 1.92. The number of hydrogen-bond acceptors (Lipinski definition) is 3. The Morgan fingerprint density at radius 1 is 1.40 bits per heavy atom. The minimum Gasteiger partial charge on any atom is -0.467 e. The number of rotatable bonds is 3. The third-order valence-electron chi connectivity index (χ3n) is 1.92. The van der Waals surface area contributed by atoms with Crippen molar-refractivity contribution in [3.63, 3.8) is 0 Å². The SMILES string of the molecule is COC(=O)C(F)C(O)c1ccc(F)cc1. The molecule has 3 nitrogen and oxygen atoms in total. The Kier molecular flexibility index (Phi) is 3.74. The van der Waals surface area contributed by atoms with E-state index in [1.54, 1.807) is 0 Å². The van der Waals surface area contributed by atoms with Crippen molar-refractivity contribution in [1.82, 2.24) is 0 Å². The van der Waals surface area contributed by atoms with Crippen LogP contribution in [0.1, 0.15) is 11.7 Å². The zero-order chi connectivity index (χ0) is 11.4. The van der Waals surface area contributed by atoms with Crippen LogP contribution in [-0.4, -0.2) is 24.4 Å². The summed E-state index contributed by atoms with van der Waals surface area (Å²) in [7, 11) is 1.02. The lowest BCUT2D eigenvalue weighted by atomic mass is 10.1. The van der Waals surface area contributed by atoms with E-state index in [0.717, 1.165) is 19.2 Å². The Balaban J connectivity index is 2.80. The van der Waals surface area contributed by atoms with Gasteiger partial charge in [0.2, 0.25) is 6.17 Å². The molecule has 0 spiro atoms. The molecule has 1 rings (SSSR count). The third kappa shape index (κ3) is 2.73. The van der Waals surface area contributed by atoms with Crippen molar-refractivity contribution in [2.75, 3.05) is 7.11 Å². The van der Waals surface area contributed by atoms with Gasteiger partial charge in [0, 0.05) is 0 Å². The van der Waals surface area contributed by atoms with Crippen LogP contribution in [0.4, 0.5) is 8.78 Å². The van der Waals surface area contributed by atoms with Crippen LogP contribution in [0.15, 0.2) is 24.3 Å². The van der Waals surface area contributed by atoms with Gasteiger partial charge in [-0.15, -0.1) is 0 Å². The van der Waals surface area contributed by atoms with Gasteiger partial charge in [-0.2, -0.15) is 0 Å². The minimum absolute atomic E-state index is 0.120. The highest BCUT2D eigenvalue weighted by Gasteiger charge is 2.28. The molecule has 2 atom stereocenters. The van der Waals surface area contributed by atoms with Gasteiger partial charge in [-0.05, 0) is 17.7 Å². The van der Waals surface area contributed by atoms with Gasteiger partial charge in [0.1, 0.15) is 11.9 Å². The zero-order valence-corrected chi connectivity index (χ0v) is 7.98. The second kappa shape index (κ2) is 4.84. The van der Waals surface area contributed by atoms with Crippen LogP contribution in [0.3, 0.4) is 0 Å². The average Bonchev–Trinajstić information content (AvgIpc) is 2.27. The number of methoxy groups -OCH3 is 1. The molecule has 0 aliphatic carbocycles. The Bertz CT molecular complexity index is 337. The first-order valence-corrected chi connectivity index (χ1v) is 4.21. The summed E-state index contributed by atoms with van der Waals surface area (Å²) in [4.78, 5) is 10.8. The number of carbonyl (C=O) groups excluding carboxylic acids is 1. The lowest BCUT2D eigenvalue weighted by Gasteiger charge is -2.13. The molecule has 15 heavy (non-hydrogen) atoms.